The van der Waals surface area contributed by atoms with E-state index in [2.05, 4.69) is 17.1 Å². The molecule has 1 spiro atoms. The van der Waals surface area contributed by atoms with Crippen LogP contribution in [-0.4, -0.2) is 54.1 Å². The topological polar surface area (TPSA) is 49.6 Å². The monoisotopic (exact) mass is 283 g/mol. The average Bonchev–Trinajstić information content (AvgIpc) is 2.91. The Bertz CT molecular complexity index is 666. The fraction of sp³-hybridized carbons (Fsp3) is 0.375. The fourth-order valence-electron chi connectivity index (χ4n) is 3.48. The highest BCUT2D eigenvalue weighted by atomic mass is 16.5. The Morgan fingerprint density at radius 3 is 2.57 bits per heavy atom. The molecule has 2 aromatic rings. The first-order valence-electron chi connectivity index (χ1n) is 7.15. The Balaban J connectivity index is 1.46. The van der Waals surface area contributed by atoms with E-state index in [4.69, 9.17) is 4.52 Å². The summed E-state index contributed by atoms with van der Waals surface area (Å²) in [6.45, 7) is 3.83. The second kappa shape index (κ2) is 4.43. The Morgan fingerprint density at radius 2 is 1.90 bits per heavy atom. The number of nitrogens with zero attached hydrogens (tertiary/aromatic N) is 3. The van der Waals surface area contributed by atoms with Crippen LogP contribution in [0.2, 0.25) is 0 Å². The molecule has 0 saturated carbocycles. The Kier molecular flexibility index (Phi) is 2.65. The molecule has 0 N–H and O–H groups in total. The van der Waals surface area contributed by atoms with Crippen LogP contribution in [0, 0.1) is 5.41 Å². The summed E-state index contributed by atoms with van der Waals surface area (Å²) in [5.74, 6) is 0.279. The number of carbonyl (C=O) groups is 1. The molecule has 4 rings (SSSR count). The first kappa shape index (κ1) is 12.6. The van der Waals surface area contributed by atoms with Crippen molar-refractivity contribution in [2.75, 3.05) is 33.2 Å². The van der Waals surface area contributed by atoms with Crippen LogP contribution in [-0.2, 0) is 0 Å². The van der Waals surface area contributed by atoms with Crippen molar-refractivity contribution in [2.45, 2.75) is 0 Å². The number of aromatic nitrogens is 1. The van der Waals surface area contributed by atoms with Crippen LogP contribution >= 0.6 is 0 Å². The van der Waals surface area contributed by atoms with Crippen molar-refractivity contribution < 1.29 is 9.32 Å². The summed E-state index contributed by atoms with van der Waals surface area (Å²) >= 11 is 0. The zero-order valence-corrected chi connectivity index (χ0v) is 12.0. The maximum atomic E-state index is 12.4. The minimum atomic E-state index is -0.0511. The summed E-state index contributed by atoms with van der Waals surface area (Å²) in [6, 6.07) is 11.5. The van der Waals surface area contributed by atoms with Crippen molar-refractivity contribution in [1.29, 1.82) is 0 Å². The highest BCUT2D eigenvalue weighted by Crippen LogP contribution is 2.39. The second-order valence-corrected chi connectivity index (χ2v) is 6.28. The van der Waals surface area contributed by atoms with Crippen molar-refractivity contribution in [3.8, 4) is 11.3 Å². The first-order chi connectivity index (χ1) is 10.2. The molecular weight excluding hydrogens is 266 g/mol. The number of carbonyl (C=O) groups excluding carboxylic acids is 1. The summed E-state index contributed by atoms with van der Waals surface area (Å²) < 4.78 is 5.23. The van der Waals surface area contributed by atoms with Gasteiger partial charge in [-0.3, -0.25) is 4.79 Å². The summed E-state index contributed by atoms with van der Waals surface area (Å²) in [5, 5.41) is 4.00. The van der Waals surface area contributed by atoms with Crippen LogP contribution in [0.4, 0.5) is 0 Å². The van der Waals surface area contributed by atoms with Gasteiger partial charge in [0.25, 0.3) is 5.91 Å². The summed E-state index contributed by atoms with van der Waals surface area (Å²) in [4.78, 5) is 16.5. The zero-order valence-electron chi connectivity index (χ0n) is 12.0. The number of hydrogen-bond acceptors (Lipinski definition) is 4. The fourth-order valence-corrected chi connectivity index (χ4v) is 3.48. The molecule has 5 heteroatoms. The van der Waals surface area contributed by atoms with Gasteiger partial charge in [-0.2, -0.15) is 0 Å². The van der Waals surface area contributed by atoms with Gasteiger partial charge in [0.15, 0.2) is 0 Å². The van der Waals surface area contributed by atoms with E-state index in [9.17, 15) is 4.79 Å². The highest BCUT2D eigenvalue weighted by molar-refractivity contribution is 5.93. The van der Waals surface area contributed by atoms with Gasteiger partial charge in [0.2, 0.25) is 5.76 Å². The summed E-state index contributed by atoms with van der Waals surface area (Å²) in [5.41, 5.74) is 2.01. The summed E-state index contributed by atoms with van der Waals surface area (Å²) in [7, 11) is 2.11. The molecule has 0 aliphatic carbocycles. The maximum absolute atomic E-state index is 12.4. The molecule has 2 aliphatic rings. The van der Waals surface area contributed by atoms with Gasteiger partial charge in [-0.1, -0.05) is 35.5 Å². The van der Waals surface area contributed by atoms with Crippen LogP contribution in [0.3, 0.4) is 0 Å². The van der Waals surface area contributed by atoms with Gasteiger partial charge >= 0.3 is 0 Å². The van der Waals surface area contributed by atoms with E-state index >= 15 is 0 Å². The highest BCUT2D eigenvalue weighted by Gasteiger charge is 2.52. The molecule has 0 unspecified atom stereocenters. The van der Waals surface area contributed by atoms with E-state index in [1.807, 2.05) is 35.2 Å². The molecule has 2 aliphatic heterocycles. The largest absolute Gasteiger partial charge is 0.350 e. The molecule has 1 aromatic carbocycles. The predicted octanol–water partition coefficient (Wildman–Crippen LogP) is 1.73. The van der Waals surface area contributed by atoms with E-state index < -0.39 is 0 Å². The lowest BCUT2D eigenvalue weighted by atomic mass is 9.73. The van der Waals surface area contributed by atoms with E-state index in [-0.39, 0.29) is 5.91 Å². The molecule has 2 saturated heterocycles. The van der Waals surface area contributed by atoms with Gasteiger partial charge in [0, 0.05) is 43.2 Å². The average molecular weight is 283 g/mol. The Hall–Kier alpha value is -2.14. The lowest BCUT2D eigenvalue weighted by Crippen LogP contribution is -2.71. The molecule has 21 heavy (non-hydrogen) atoms. The van der Waals surface area contributed by atoms with E-state index in [0.717, 1.165) is 31.7 Å². The minimum absolute atomic E-state index is 0.0511. The molecule has 3 heterocycles. The van der Waals surface area contributed by atoms with E-state index in [0.29, 0.717) is 16.9 Å². The molecule has 0 atom stereocenters. The second-order valence-electron chi connectivity index (χ2n) is 6.28. The van der Waals surface area contributed by atoms with Gasteiger partial charge in [0.1, 0.15) is 5.69 Å². The van der Waals surface area contributed by atoms with Crippen molar-refractivity contribution in [3.05, 3.63) is 42.2 Å². The van der Waals surface area contributed by atoms with Crippen LogP contribution in [0.5, 0.6) is 0 Å². The quantitative estimate of drug-likeness (QED) is 0.842. The van der Waals surface area contributed by atoms with Gasteiger partial charge < -0.3 is 14.3 Å². The number of benzene rings is 1. The lowest BCUT2D eigenvalue weighted by molar-refractivity contribution is -0.0881. The van der Waals surface area contributed by atoms with E-state index in [1.165, 1.54) is 0 Å². The SMILES string of the molecule is CN1CC2(C1)CN(C(=O)c1cc(-c3ccccc3)no1)C2. The first-order valence-corrected chi connectivity index (χ1v) is 7.15. The summed E-state index contributed by atoms with van der Waals surface area (Å²) in [6.07, 6.45) is 0. The molecule has 5 nitrogen and oxygen atoms in total. The van der Waals surface area contributed by atoms with Gasteiger partial charge in [-0.05, 0) is 7.05 Å². The maximum Gasteiger partial charge on any atom is 0.292 e. The molecule has 108 valence electrons. The molecule has 2 fully saturated rings. The van der Waals surface area contributed by atoms with E-state index in [1.54, 1.807) is 6.07 Å². The Morgan fingerprint density at radius 1 is 1.19 bits per heavy atom. The third-order valence-corrected chi connectivity index (χ3v) is 4.34. The van der Waals surface area contributed by atoms with Crippen LogP contribution in [0.25, 0.3) is 11.3 Å². The van der Waals surface area contributed by atoms with Gasteiger partial charge in [-0.15, -0.1) is 0 Å². The minimum Gasteiger partial charge on any atom is -0.350 e. The standard InChI is InChI=1S/C16H17N3O2/c1-18-8-16(9-18)10-19(11-16)15(20)14-7-13(17-21-14)12-5-3-2-4-6-12/h2-7H,8-11H2,1H3. The van der Waals surface area contributed by atoms with Gasteiger partial charge in [0.05, 0.1) is 0 Å². The molecule has 0 bridgehead atoms. The molecule has 0 radical (unpaired) electrons. The van der Waals surface area contributed by atoms with Gasteiger partial charge in [-0.25, -0.2) is 0 Å². The van der Waals surface area contributed by atoms with Crippen molar-refractivity contribution >= 4 is 5.91 Å². The predicted molar refractivity (Wildman–Crippen MR) is 77.8 cm³/mol. The number of likely N-dealkylation sites (tertiary alicyclic amines) is 2. The third kappa shape index (κ3) is 2.05. The van der Waals surface area contributed by atoms with Crippen molar-refractivity contribution in [2.24, 2.45) is 5.41 Å². The van der Waals surface area contributed by atoms with Crippen LogP contribution in [0.1, 0.15) is 10.6 Å². The van der Waals surface area contributed by atoms with Crippen LogP contribution in [0.15, 0.2) is 40.9 Å². The van der Waals surface area contributed by atoms with Crippen molar-refractivity contribution in [1.82, 2.24) is 15.0 Å². The Labute approximate surface area is 123 Å². The number of rotatable bonds is 2. The number of hydrogen-bond donors (Lipinski definition) is 0. The molecule has 1 amide bonds. The lowest BCUT2D eigenvalue weighted by Gasteiger charge is -2.59. The smallest absolute Gasteiger partial charge is 0.292 e. The molecular formula is C16H17N3O2. The third-order valence-electron chi connectivity index (χ3n) is 4.34. The normalized spacial score (nSPS) is 20.1. The van der Waals surface area contributed by atoms with Crippen molar-refractivity contribution in [3.63, 3.8) is 0 Å². The van der Waals surface area contributed by atoms with Crippen LogP contribution < -0.4 is 0 Å². The molecule has 1 aromatic heterocycles. The zero-order chi connectivity index (χ0) is 14.4. The number of amides is 1.